The van der Waals surface area contributed by atoms with Crippen LogP contribution in [0.1, 0.15) is 36.0 Å². The van der Waals surface area contributed by atoms with Gasteiger partial charge in [-0.1, -0.05) is 12.1 Å². The van der Waals surface area contributed by atoms with Crippen molar-refractivity contribution in [2.24, 2.45) is 0 Å². The molecule has 0 amide bonds. The molecule has 1 aromatic carbocycles. The molecule has 2 heterocycles. The minimum atomic E-state index is -3.42. The number of hydrogen-bond donors (Lipinski definition) is 0. The Morgan fingerprint density at radius 2 is 2.04 bits per heavy atom. The zero-order chi connectivity index (χ0) is 18.0. The topological polar surface area (TPSA) is 66.7 Å². The minimum Gasteiger partial charge on any atom is -0.445 e. The predicted molar refractivity (Wildman–Crippen MR) is 91.9 cm³/mol. The Kier molecular flexibility index (Phi) is 5.21. The van der Waals surface area contributed by atoms with Crippen LogP contribution in [0.5, 0.6) is 0 Å². The first kappa shape index (κ1) is 18.0. The van der Waals surface area contributed by atoms with Crippen molar-refractivity contribution in [3.63, 3.8) is 0 Å². The van der Waals surface area contributed by atoms with Gasteiger partial charge in [-0.15, -0.1) is 0 Å². The van der Waals surface area contributed by atoms with Crippen molar-refractivity contribution in [1.29, 1.82) is 0 Å². The highest BCUT2D eigenvalue weighted by Crippen LogP contribution is 2.29. The number of piperidine rings is 1. The largest absolute Gasteiger partial charge is 0.445 e. The van der Waals surface area contributed by atoms with Crippen LogP contribution in [0.4, 0.5) is 4.39 Å². The third-order valence-corrected chi connectivity index (χ3v) is 6.29. The summed E-state index contributed by atoms with van der Waals surface area (Å²) >= 11 is 0. The molecule has 6 nitrogen and oxygen atoms in total. The third-order valence-electron chi connectivity index (χ3n) is 4.38. The monoisotopic (exact) mass is 367 g/mol. The van der Waals surface area contributed by atoms with Crippen molar-refractivity contribution in [2.75, 3.05) is 27.2 Å². The van der Waals surface area contributed by atoms with Crippen LogP contribution in [-0.2, 0) is 16.6 Å². The van der Waals surface area contributed by atoms with Gasteiger partial charge in [-0.05, 0) is 30.5 Å². The number of halogens is 1. The van der Waals surface area contributed by atoms with Crippen LogP contribution in [0, 0.1) is 5.82 Å². The molecule has 0 aliphatic carbocycles. The normalized spacial score (nSPS) is 19.4. The second-order valence-corrected chi connectivity index (χ2v) is 8.60. The smallest absolute Gasteiger partial charge is 0.281 e. The molecule has 0 spiro atoms. The molecule has 1 saturated heterocycles. The van der Waals surface area contributed by atoms with E-state index < -0.39 is 10.2 Å². The molecule has 25 heavy (non-hydrogen) atoms. The van der Waals surface area contributed by atoms with Crippen LogP contribution < -0.4 is 0 Å². The Morgan fingerprint density at radius 3 is 2.72 bits per heavy atom. The second kappa shape index (κ2) is 7.23. The molecule has 2 aromatic rings. The van der Waals surface area contributed by atoms with Crippen LogP contribution in [-0.4, -0.2) is 49.2 Å². The quantitative estimate of drug-likeness (QED) is 0.814. The van der Waals surface area contributed by atoms with Gasteiger partial charge in [0.05, 0.1) is 6.20 Å². The SMILES string of the molecule is CN(C)S(=O)(=O)N1CCC[C@@H](c2ncc(Cc3ccc(F)cc3)o2)C1. The Balaban J connectivity index is 1.70. The van der Waals surface area contributed by atoms with Gasteiger partial charge in [0.1, 0.15) is 11.6 Å². The fourth-order valence-corrected chi connectivity index (χ4v) is 4.17. The molecule has 1 aliphatic heterocycles. The van der Waals surface area contributed by atoms with E-state index >= 15 is 0 Å². The molecule has 0 saturated carbocycles. The zero-order valence-electron chi connectivity index (χ0n) is 14.4. The maximum Gasteiger partial charge on any atom is 0.281 e. The minimum absolute atomic E-state index is 0.0505. The van der Waals surface area contributed by atoms with Gasteiger partial charge < -0.3 is 4.42 Å². The van der Waals surface area contributed by atoms with Crippen molar-refractivity contribution in [1.82, 2.24) is 13.6 Å². The summed E-state index contributed by atoms with van der Waals surface area (Å²) in [6, 6.07) is 6.25. The summed E-state index contributed by atoms with van der Waals surface area (Å²) in [5, 5.41) is 0. The van der Waals surface area contributed by atoms with Crippen LogP contribution in [0.15, 0.2) is 34.9 Å². The number of benzene rings is 1. The maximum atomic E-state index is 13.0. The zero-order valence-corrected chi connectivity index (χ0v) is 15.2. The average molecular weight is 367 g/mol. The van der Waals surface area contributed by atoms with Gasteiger partial charge in [-0.2, -0.15) is 17.0 Å². The average Bonchev–Trinajstić information content (AvgIpc) is 3.05. The molecule has 1 aliphatic rings. The molecule has 8 heteroatoms. The first-order valence-corrected chi connectivity index (χ1v) is 9.62. The number of nitrogens with zero attached hydrogens (tertiary/aromatic N) is 3. The van der Waals surface area contributed by atoms with Crippen LogP contribution in [0.25, 0.3) is 0 Å². The maximum absolute atomic E-state index is 13.0. The fraction of sp³-hybridized carbons (Fsp3) is 0.471. The predicted octanol–water partition coefficient (Wildman–Crippen LogP) is 2.39. The number of oxazole rings is 1. The lowest BCUT2D eigenvalue weighted by molar-refractivity contribution is 0.270. The molecule has 1 fully saturated rings. The first-order chi connectivity index (χ1) is 11.9. The molecule has 0 bridgehead atoms. The summed E-state index contributed by atoms with van der Waals surface area (Å²) in [4.78, 5) is 4.34. The van der Waals surface area contributed by atoms with Gasteiger partial charge in [0.25, 0.3) is 10.2 Å². The summed E-state index contributed by atoms with van der Waals surface area (Å²) in [6.07, 6.45) is 3.81. The summed E-state index contributed by atoms with van der Waals surface area (Å²) in [7, 11) is -0.360. The Morgan fingerprint density at radius 1 is 1.32 bits per heavy atom. The van der Waals surface area contributed by atoms with Gasteiger partial charge in [0.15, 0.2) is 5.89 Å². The van der Waals surface area contributed by atoms with Crippen molar-refractivity contribution in [3.8, 4) is 0 Å². The highest BCUT2D eigenvalue weighted by Gasteiger charge is 2.33. The molecular weight excluding hydrogens is 345 g/mol. The molecule has 1 aromatic heterocycles. The Labute approximate surface area is 147 Å². The van der Waals surface area contributed by atoms with Crippen LogP contribution in [0.2, 0.25) is 0 Å². The number of rotatable bonds is 5. The van der Waals surface area contributed by atoms with E-state index in [0.29, 0.717) is 31.2 Å². The second-order valence-electron chi connectivity index (χ2n) is 6.46. The number of aromatic nitrogens is 1. The molecule has 136 valence electrons. The third kappa shape index (κ3) is 4.08. The Bertz CT molecular complexity index is 818. The van der Waals surface area contributed by atoms with E-state index in [2.05, 4.69) is 4.98 Å². The van der Waals surface area contributed by atoms with Gasteiger partial charge in [-0.25, -0.2) is 9.37 Å². The molecular formula is C17H22FN3O3S. The Hall–Kier alpha value is -1.77. The van der Waals surface area contributed by atoms with Crippen molar-refractivity contribution >= 4 is 10.2 Å². The van der Waals surface area contributed by atoms with Crippen molar-refractivity contribution in [2.45, 2.75) is 25.2 Å². The lowest BCUT2D eigenvalue weighted by Crippen LogP contribution is -2.44. The molecule has 0 N–H and O–H groups in total. The first-order valence-electron chi connectivity index (χ1n) is 8.23. The van der Waals surface area contributed by atoms with E-state index in [0.717, 1.165) is 18.4 Å². The summed E-state index contributed by atoms with van der Waals surface area (Å²) in [5.41, 5.74) is 0.935. The van der Waals surface area contributed by atoms with Gasteiger partial charge in [0.2, 0.25) is 0 Å². The van der Waals surface area contributed by atoms with E-state index in [-0.39, 0.29) is 11.7 Å². The van der Waals surface area contributed by atoms with E-state index in [1.165, 1.54) is 34.8 Å². The van der Waals surface area contributed by atoms with Crippen molar-refractivity contribution in [3.05, 3.63) is 53.5 Å². The highest BCUT2D eigenvalue weighted by atomic mass is 32.2. The summed E-state index contributed by atoms with van der Waals surface area (Å²) in [5.74, 6) is 0.932. The van der Waals surface area contributed by atoms with E-state index in [4.69, 9.17) is 4.42 Å². The number of hydrogen-bond acceptors (Lipinski definition) is 4. The standard InChI is InChI=1S/C17H22FN3O3S/c1-20(2)25(22,23)21-9-3-4-14(12-21)17-19-11-16(24-17)10-13-5-7-15(18)8-6-13/h5-8,11,14H,3-4,9-10,12H2,1-2H3/t14-/m1/s1. The van der Waals surface area contributed by atoms with Crippen molar-refractivity contribution < 1.29 is 17.2 Å². The molecule has 1 atom stereocenters. The lowest BCUT2D eigenvalue weighted by Gasteiger charge is -2.32. The van der Waals surface area contributed by atoms with Gasteiger partial charge >= 0.3 is 0 Å². The lowest BCUT2D eigenvalue weighted by atomic mass is 10.00. The van der Waals surface area contributed by atoms with Gasteiger partial charge in [-0.3, -0.25) is 0 Å². The highest BCUT2D eigenvalue weighted by molar-refractivity contribution is 7.86. The van der Waals surface area contributed by atoms with E-state index in [1.807, 2.05) is 0 Å². The summed E-state index contributed by atoms with van der Waals surface area (Å²) < 4.78 is 46.1. The molecule has 0 radical (unpaired) electrons. The van der Waals surface area contributed by atoms with Gasteiger partial charge in [0, 0.05) is 39.5 Å². The van der Waals surface area contributed by atoms with Crippen LogP contribution in [0.3, 0.4) is 0 Å². The van der Waals surface area contributed by atoms with E-state index in [9.17, 15) is 12.8 Å². The summed E-state index contributed by atoms with van der Waals surface area (Å²) in [6.45, 7) is 0.886. The fourth-order valence-electron chi connectivity index (χ4n) is 2.98. The molecule has 0 unspecified atom stereocenters. The molecule has 3 rings (SSSR count). The van der Waals surface area contributed by atoms with E-state index in [1.54, 1.807) is 18.3 Å². The van der Waals surface area contributed by atoms with Crippen LogP contribution >= 0.6 is 0 Å².